The maximum atomic E-state index is 6.82. The Balaban J connectivity index is 1.61. The quantitative estimate of drug-likeness (QED) is 0.273. The van der Waals surface area contributed by atoms with Crippen molar-refractivity contribution < 1.29 is 14.2 Å². The normalized spacial score (nSPS) is 41.9. The van der Waals surface area contributed by atoms with Crippen molar-refractivity contribution in [1.29, 1.82) is 0 Å². The number of hydrogen-bond donors (Lipinski definition) is 3. The van der Waals surface area contributed by atoms with Crippen LogP contribution in [-0.2, 0) is 14.2 Å². The largest absolute Gasteiger partial charge is 0.377 e. The van der Waals surface area contributed by atoms with Crippen LogP contribution in [0.1, 0.15) is 85.5 Å². The Hall–Kier alpha value is -0.280. The zero-order chi connectivity index (χ0) is 28.9. The molecule has 4 rings (SSSR count). The third-order valence-corrected chi connectivity index (χ3v) is 12.5. The summed E-state index contributed by atoms with van der Waals surface area (Å²) in [6, 6.07) is 0. The van der Waals surface area contributed by atoms with Crippen LogP contribution in [0, 0.1) is 46.3 Å². The molecule has 0 heterocycles. The molecule has 7 heteroatoms. The average Bonchev–Trinajstić information content (AvgIpc) is 3.31. The minimum absolute atomic E-state index is 0.168. The molecule has 3 unspecified atom stereocenters. The van der Waals surface area contributed by atoms with Gasteiger partial charge in [0.05, 0.1) is 38.1 Å². The lowest BCUT2D eigenvalue weighted by atomic mass is 9.43. The summed E-state index contributed by atoms with van der Waals surface area (Å²) in [4.78, 5) is 2.44. The smallest absolute Gasteiger partial charge is 0.0637 e. The summed E-state index contributed by atoms with van der Waals surface area (Å²) in [6.45, 7) is 16.1. The van der Waals surface area contributed by atoms with Crippen LogP contribution in [0.15, 0.2) is 0 Å². The Morgan fingerprint density at radius 3 is 2.27 bits per heavy atom. The predicted molar refractivity (Wildman–Crippen MR) is 164 cm³/mol. The fraction of sp³-hybridized carbons (Fsp3) is 1.00. The summed E-state index contributed by atoms with van der Waals surface area (Å²) in [5.41, 5.74) is 18.3. The van der Waals surface area contributed by atoms with Gasteiger partial charge < -0.3 is 36.3 Å². The van der Waals surface area contributed by atoms with Gasteiger partial charge >= 0.3 is 0 Å². The van der Waals surface area contributed by atoms with E-state index in [1.165, 1.54) is 38.6 Å². The van der Waals surface area contributed by atoms with Gasteiger partial charge in [-0.3, -0.25) is 0 Å². The number of fused-ring (bicyclic) bond motifs is 5. The number of nitrogens with zero attached hydrogens (tertiary/aromatic N) is 1. The van der Waals surface area contributed by atoms with Crippen LogP contribution in [0.25, 0.3) is 0 Å². The van der Waals surface area contributed by atoms with E-state index in [2.05, 4.69) is 39.6 Å². The zero-order valence-corrected chi connectivity index (χ0v) is 26.6. The summed E-state index contributed by atoms with van der Waals surface area (Å²) in [5.74, 6) is 3.82. The maximum absolute atomic E-state index is 6.82. The van der Waals surface area contributed by atoms with Gasteiger partial charge in [0.15, 0.2) is 0 Å². The molecule has 4 aliphatic carbocycles. The van der Waals surface area contributed by atoms with Crippen molar-refractivity contribution in [3.05, 3.63) is 0 Å². The first kappa shape index (κ1) is 32.6. The second-order valence-electron chi connectivity index (χ2n) is 14.4. The topological polar surface area (TPSA) is 109 Å². The fourth-order valence-electron chi connectivity index (χ4n) is 10.3. The van der Waals surface area contributed by atoms with Gasteiger partial charge in [-0.05, 0) is 119 Å². The second-order valence-corrected chi connectivity index (χ2v) is 14.4. The summed E-state index contributed by atoms with van der Waals surface area (Å²) in [7, 11) is 2.24. The molecule has 0 aromatic heterocycles. The van der Waals surface area contributed by atoms with Crippen LogP contribution in [-0.4, -0.2) is 82.8 Å². The molecule has 11 atom stereocenters. The minimum Gasteiger partial charge on any atom is -0.377 e. The lowest BCUT2D eigenvalue weighted by Gasteiger charge is -2.64. The molecule has 0 radical (unpaired) electrons. The lowest BCUT2D eigenvalue weighted by molar-refractivity contribution is -0.226. The highest BCUT2D eigenvalue weighted by Crippen LogP contribution is 2.69. The third-order valence-electron chi connectivity index (χ3n) is 12.5. The summed E-state index contributed by atoms with van der Waals surface area (Å²) in [6.07, 6.45) is 11.9. The van der Waals surface area contributed by atoms with Crippen molar-refractivity contribution >= 4 is 0 Å². The molecule has 40 heavy (non-hydrogen) atoms. The molecule has 6 N–H and O–H groups in total. The first-order valence-corrected chi connectivity index (χ1v) is 16.9. The highest BCUT2D eigenvalue weighted by molar-refractivity contribution is 5.15. The molecule has 234 valence electrons. The molecule has 0 bridgehead atoms. The van der Waals surface area contributed by atoms with Crippen LogP contribution in [0.2, 0.25) is 0 Å². The Morgan fingerprint density at radius 2 is 1.57 bits per heavy atom. The van der Waals surface area contributed by atoms with Crippen molar-refractivity contribution in [2.45, 2.75) is 104 Å². The standard InChI is InChI=1S/C33H64N4O3/c1-6-37(5)16-7-8-23(2)26-9-10-27-31-28(22-30(33(26,27)4)40-19-15-36)32(3)12-11-25(38-17-13-34)20-24(32)21-29(31)39-18-14-35/h23-31H,6-22,34-36H2,1-5H3/t23-,24?,25-,26?,27+,28+,29-,30+,31?,32+,33-/m1/s1. The molecule has 0 aromatic carbocycles. The highest BCUT2D eigenvalue weighted by Gasteiger charge is 2.66. The number of rotatable bonds is 15. The van der Waals surface area contributed by atoms with Crippen molar-refractivity contribution in [3.8, 4) is 0 Å². The summed E-state index contributed by atoms with van der Waals surface area (Å²) >= 11 is 0. The summed E-state index contributed by atoms with van der Waals surface area (Å²) in [5, 5.41) is 0. The molecule has 7 nitrogen and oxygen atoms in total. The number of ether oxygens (including phenoxy) is 3. The molecular weight excluding hydrogens is 500 g/mol. The van der Waals surface area contributed by atoms with Gasteiger partial charge in [0.25, 0.3) is 0 Å². The van der Waals surface area contributed by atoms with E-state index >= 15 is 0 Å². The van der Waals surface area contributed by atoms with E-state index in [4.69, 9.17) is 31.4 Å². The van der Waals surface area contributed by atoms with Gasteiger partial charge in [-0.2, -0.15) is 0 Å². The Morgan fingerprint density at radius 1 is 0.875 bits per heavy atom. The van der Waals surface area contributed by atoms with E-state index in [0.717, 1.165) is 32.2 Å². The van der Waals surface area contributed by atoms with Gasteiger partial charge in [-0.15, -0.1) is 0 Å². The van der Waals surface area contributed by atoms with Gasteiger partial charge in [0.1, 0.15) is 0 Å². The Labute approximate surface area is 246 Å². The molecule has 0 aliphatic heterocycles. The lowest BCUT2D eigenvalue weighted by Crippen LogP contribution is -2.63. The molecule has 0 aromatic rings. The first-order valence-electron chi connectivity index (χ1n) is 16.9. The molecule has 4 fully saturated rings. The number of nitrogens with two attached hydrogens (primary N) is 3. The van der Waals surface area contributed by atoms with Crippen molar-refractivity contribution in [3.63, 3.8) is 0 Å². The van der Waals surface area contributed by atoms with E-state index in [-0.39, 0.29) is 17.6 Å². The third kappa shape index (κ3) is 6.46. The molecule has 4 saturated carbocycles. The van der Waals surface area contributed by atoms with E-state index in [9.17, 15) is 0 Å². The minimum atomic E-state index is 0.168. The Kier molecular flexibility index (Phi) is 11.8. The Bertz CT molecular complexity index is 772. The molecular formula is C33H64N4O3. The van der Waals surface area contributed by atoms with Crippen molar-refractivity contribution in [2.75, 3.05) is 59.6 Å². The van der Waals surface area contributed by atoms with Crippen molar-refractivity contribution in [2.24, 2.45) is 63.5 Å². The van der Waals surface area contributed by atoms with Crippen molar-refractivity contribution in [1.82, 2.24) is 4.90 Å². The van der Waals surface area contributed by atoms with Crippen LogP contribution in [0.5, 0.6) is 0 Å². The van der Waals surface area contributed by atoms with Crippen LogP contribution in [0.3, 0.4) is 0 Å². The molecule has 0 spiro atoms. The van der Waals surface area contributed by atoms with Gasteiger partial charge in [0.2, 0.25) is 0 Å². The van der Waals surface area contributed by atoms with E-state index < -0.39 is 0 Å². The van der Waals surface area contributed by atoms with Gasteiger partial charge in [-0.1, -0.05) is 27.7 Å². The second kappa shape index (κ2) is 14.5. The first-order chi connectivity index (χ1) is 19.2. The van der Waals surface area contributed by atoms with E-state index in [0.29, 0.717) is 86.5 Å². The van der Waals surface area contributed by atoms with Gasteiger partial charge in [0, 0.05) is 25.0 Å². The van der Waals surface area contributed by atoms with Crippen LogP contribution in [0.4, 0.5) is 0 Å². The number of hydrogen-bond acceptors (Lipinski definition) is 7. The SMILES string of the molecule is CCN(C)CCC[C@@H](C)C1CC[C@H]2C3[C@H](OCCN)CC4C[C@H](OCCN)CC[C@]4(C)[C@H]3C[C@H](OCCN)[C@]12C. The maximum Gasteiger partial charge on any atom is 0.0637 e. The van der Waals surface area contributed by atoms with Crippen LogP contribution < -0.4 is 17.2 Å². The molecule has 0 amide bonds. The monoisotopic (exact) mass is 564 g/mol. The fourth-order valence-corrected chi connectivity index (χ4v) is 10.3. The zero-order valence-electron chi connectivity index (χ0n) is 26.6. The van der Waals surface area contributed by atoms with Crippen LogP contribution >= 0.6 is 0 Å². The predicted octanol–water partition coefficient (Wildman–Crippen LogP) is 4.26. The van der Waals surface area contributed by atoms with E-state index in [1.807, 2.05) is 0 Å². The van der Waals surface area contributed by atoms with E-state index in [1.54, 1.807) is 0 Å². The average molecular weight is 565 g/mol. The highest BCUT2D eigenvalue weighted by atomic mass is 16.5. The summed E-state index contributed by atoms with van der Waals surface area (Å²) < 4.78 is 19.8. The van der Waals surface area contributed by atoms with Gasteiger partial charge in [-0.25, -0.2) is 0 Å². The molecule has 4 aliphatic rings. The molecule has 0 saturated heterocycles.